The van der Waals surface area contributed by atoms with Crippen molar-refractivity contribution in [3.63, 3.8) is 0 Å². The van der Waals surface area contributed by atoms with Crippen LogP contribution in [0.5, 0.6) is 0 Å². The van der Waals surface area contributed by atoms with Gasteiger partial charge >= 0.3 is 0 Å². The lowest BCUT2D eigenvalue weighted by atomic mass is 10.1. The van der Waals surface area contributed by atoms with Gasteiger partial charge in [0.15, 0.2) is 24.7 Å². The summed E-state index contributed by atoms with van der Waals surface area (Å²) in [6.45, 7) is 2.42. The molecule has 0 amide bonds. The molecule has 1 aromatic heterocycles. The monoisotopic (exact) mass is 228 g/mol. The second kappa shape index (κ2) is 5.94. The van der Waals surface area contributed by atoms with Crippen LogP contribution in [0.25, 0.3) is 0 Å². The molecule has 2 heteroatoms. The molecule has 17 heavy (non-hydrogen) atoms. The topological polar surface area (TPSA) is 20.9 Å². The van der Waals surface area contributed by atoms with Gasteiger partial charge in [0.2, 0.25) is 0 Å². The maximum absolute atomic E-state index is 11.1. The number of carbonyl (C=O) groups is 1. The Hall–Kier alpha value is -1.96. The van der Waals surface area contributed by atoms with Crippen molar-refractivity contribution in [1.29, 1.82) is 0 Å². The minimum Gasteiger partial charge on any atom is -0.295 e. The predicted octanol–water partition coefficient (Wildman–Crippen LogP) is 2.86. The zero-order valence-corrected chi connectivity index (χ0v) is 9.26. The first-order valence-electron chi connectivity index (χ1n) is 5.30. The first kappa shape index (κ1) is 13.1. The van der Waals surface area contributed by atoms with E-state index in [1.165, 1.54) is 5.56 Å². The number of Topliss-reactive ketones (excluding diaryl/α,β-unsaturated/α-hetero) is 1. The molecule has 0 N–H and O–H groups in total. The third kappa shape index (κ3) is 3.52. The maximum atomic E-state index is 11.1. The van der Waals surface area contributed by atoms with Crippen LogP contribution in [0.1, 0.15) is 30.3 Å². The summed E-state index contributed by atoms with van der Waals surface area (Å²) in [5, 5.41) is 0. The average molecular weight is 228 g/mol. The molecule has 0 unspecified atom stereocenters. The first-order chi connectivity index (χ1) is 7.75. The molecule has 2 rings (SSSR count). The highest BCUT2D eigenvalue weighted by Crippen LogP contribution is 2.04. The number of pyridine rings is 1. The Morgan fingerprint density at radius 3 is 2.18 bits per heavy atom. The Morgan fingerprint density at radius 1 is 1.06 bits per heavy atom. The zero-order valence-electron chi connectivity index (χ0n) is 9.26. The van der Waals surface area contributed by atoms with Crippen LogP contribution in [0.4, 0.5) is 0 Å². The number of carbonyl (C=O) groups excluding carboxylic acids is 1. The lowest BCUT2D eigenvalue weighted by Gasteiger charge is -1.99. The molecule has 1 heterocycles. The third-order valence-electron chi connectivity index (χ3n) is 2.50. The van der Waals surface area contributed by atoms with E-state index in [0.29, 0.717) is 0 Å². The summed E-state index contributed by atoms with van der Waals surface area (Å²) in [5.74, 6) is 0.110. The molecule has 0 bridgehead atoms. The summed E-state index contributed by atoms with van der Waals surface area (Å²) in [6.07, 6.45) is 4.05. The summed E-state index contributed by atoms with van der Waals surface area (Å²) in [7, 11) is 0. The van der Waals surface area contributed by atoms with E-state index in [-0.39, 0.29) is 13.2 Å². The van der Waals surface area contributed by atoms with E-state index < -0.39 is 0 Å². The van der Waals surface area contributed by atoms with Crippen LogP contribution < -0.4 is 4.57 Å². The van der Waals surface area contributed by atoms with Gasteiger partial charge in [-0.05, 0) is 6.92 Å². The Kier molecular flexibility index (Phi) is 4.58. The van der Waals surface area contributed by atoms with Crippen molar-refractivity contribution < 1.29 is 9.36 Å². The van der Waals surface area contributed by atoms with Gasteiger partial charge in [0.05, 0.1) is 0 Å². The van der Waals surface area contributed by atoms with Crippen molar-refractivity contribution in [3.05, 3.63) is 66.0 Å². The highest BCUT2D eigenvalue weighted by molar-refractivity contribution is 5.93. The molecule has 0 spiro atoms. The molecule has 1 aromatic carbocycles. The summed E-state index contributed by atoms with van der Waals surface area (Å²) < 4.78 is 2.10. The van der Waals surface area contributed by atoms with Crippen molar-refractivity contribution >= 4 is 5.78 Å². The molecule has 88 valence electrons. The molecule has 0 atom stereocenters. The molecule has 0 aliphatic rings. The smallest absolute Gasteiger partial charge is 0.173 e. The molecule has 0 saturated carbocycles. The van der Waals surface area contributed by atoms with Crippen molar-refractivity contribution in [2.24, 2.45) is 0 Å². The fourth-order valence-electron chi connectivity index (χ4n) is 1.60. The van der Waals surface area contributed by atoms with E-state index >= 15 is 0 Å². The Bertz CT molecular complexity index is 474. The quantitative estimate of drug-likeness (QED) is 0.584. The van der Waals surface area contributed by atoms with Gasteiger partial charge in [-0.1, -0.05) is 37.8 Å². The van der Waals surface area contributed by atoms with Crippen molar-refractivity contribution in [2.75, 3.05) is 0 Å². The zero-order chi connectivity index (χ0) is 11.4. The van der Waals surface area contributed by atoms with E-state index in [2.05, 4.69) is 4.57 Å². The fraction of sp³-hybridized carbons (Fsp3) is 0.200. The number of ketones is 1. The highest BCUT2D eigenvalue weighted by Gasteiger charge is 2.02. The molecule has 0 radical (unpaired) electrons. The molecule has 2 aromatic rings. The van der Waals surface area contributed by atoms with Crippen molar-refractivity contribution in [3.8, 4) is 0 Å². The number of nitrogens with zero attached hydrogens (tertiary/aromatic N) is 1. The van der Waals surface area contributed by atoms with Crippen LogP contribution in [-0.4, -0.2) is 5.78 Å². The van der Waals surface area contributed by atoms with Crippen LogP contribution in [0.2, 0.25) is 0 Å². The lowest BCUT2D eigenvalue weighted by Crippen LogP contribution is -2.32. The molecular formula is C15H18NO+. The Balaban J connectivity index is 0.00000144. The number of hydrogen-bond acceptors (Lipinski definition) is 1. The molecule has 0 saturated heterocycles. The van der Waals surface area contributed by atoms with Crippen LogP contribution in [0.3, 0.4) is 0 Å². The molecule has 0 aliphatic heterocycles. The van der Waals surface area contributed by atoms with Crippen LogP contribution >= 0.6 is 0 Å². The second-order valence-electron chi connectivity index (χ2n) is 3.80. The Labute approximate surface area is 103 Å². The standard InChI is InChI=1S/C14H14NO.CH4/c1-12(16)14-7-5-13(6-8-14)11-15-9-3-2-4-10-15;/h2-10H,11H2,1H3;1H4/q+1;. The van der Waals surface area contributed by atoms with Crippen LogP contribution in [0.15, 0.2) is 54.9 Å². The number of rotatable bonds is 3. The summed E-state index contributed by atoms with van der Waals surface area (Å²) in [6, 6.07) is 13.7. The molecule has 0 fully saturated rings. The third-order valence-corrected chi connectivity index (χ3v) is 2.50. The average Bonchev–Trinajstić information content (AvgIpc) is 2.31. The van der Waals surface area contributed by atoms with Crippen LogP contribution in [0, 0.1) is 0 Å². The van der Waals surface area contributed by atoms with Crippen molar-refractivity contribution in [1.82, 2.24) is 0 Å². The Morgan fingerprint density at radius 2 is 1.65 bits per heavy atom. The minimum absolute atomic E-state index is 0. The summed E-state index contributed by atoms with van der Waals surface area (Å²) in [4.78, 5) is 11.1. The first-order valence-corrected chi connectivity index (χ1v) is 5.30. The van der Waals surface area contributed by atoms with E-state index in [1.807, 2.05) is 54.9 Å². The highest BCUT2D eigenvalue weighted by atomic mass is 16.1. The van der Waals surface area contributed by atoms with E-state index in [0.717, 1.165) is 12.1 Å². The maximum Gasteiger partial charge on any atom is 0.173 e. The largest absolute Gasteiger partial charge is 0.295 e. The van der Waals surface area contributed by atoms with Gasteiger partial charge in [0.1, 0.15) is 0 Å². The molecule has 2 nitrogen and oxygen atoms in total. The second-order valence-corrected chi connectivity index (χ2v) is 3.80. The van der Waals surface area contributed by atoms with Gasteiger partial charge in [-0.15, -0.1) is 0 Å². The minimum atomic E-state index is 0. The van der Waals surface area contributed by atoms with E-state index in [4.69, 9.17) is 0 Å². The van der Waals surface area contributed by atoms with Gasteiger partial charge in [-0.2, -0.15) is 0 Å². The van der Waals surface area contributed by atoms with Crippen LogP contribution in [-0.2, 0) is 6.54 Å². The van der Waals surface area contributed by atoms with Gasteiger partial charge < -0.3 is 0 Å². The molecule has 0 aliphatic carbocycles. The van der Waals surface area contributed by atoms with Crippen molar-refractivity contribution in [2.45, 2.75) is 20.9 Å². The van der Waals surface area contributed by atoms with Gasteiger partial charge in [-0.25, -0.2) is 4.57 Å². The normalized spacial score (nSPS) is 9.47. The number of aromatic nitrogens is 1. The lowest BCUT2D eigenvalue weighted by molar-refractivity contribution is -0.688. The SMILES string of the molecule is C.CC(=O)c1ccc(C[n+]2ccccc2)cc1. The van der Waals surface area contributed by atoms with Gasteiger partial charge in [0, 0.05) is 23.3 Å². The van der Waals surface area contributed by atoms with E-state index in [9.17, 15) is 4.79 Å². The predicted molar refractivity (Wildman–Crippen MR) is 68.9 cm³/mol. The number of hydrogen-bond donors (Lipinski definition) is 0. The summed E-state index contributed by atoms with van der Waals surface area (Å²) in [5.41, 5.74) is 1.96. The number of benzene rings is 1. The van der Waals surface area contributed by atoms with Gasteiger partial charge in [0.25, 0.3) is 0 Å². The molecular weight excluding hydrogens is 210 g/mol. The fourth-order valence-corrected chi connectivity index (χ4v) is 1.60. The van der Waals surface area contributed by atoms with Gasteiger partial charge in [-0.3, -0.25) is 4.79 Å². The summed E-state index contributed by atoms with van der Waals surface area (Å²) >= 11 is 0. The van der Waals surface area contributed by atoms with E-state index in [1.54, 1.807) is 6.92 Å².